The Labute approximate surface area is 164 Å². The van der Waals surface area contributed by atoms with Crippen molar-refractivity contribution < 1.29 is 14.3 Å². The number of nitrogens with zero attached hydrogens (tertiary/aromatic N) is 2. The van der Waals surface area contributed by atoms with Crippen molar-refractivity contribution in [3.8, 4) is 17.2 Å². The topological polar surface area (TPSA) is 65.4 Å². The number of carbonyl (C=O) groups is 1. The van der Waals surface area contributed by atoms with Gasteiger partial charge in [-0.3, -0.25) is 4.79 Å². The third-order valence-electron chi connectivity index (χ3n) is 5.00. The van der Waals surface area contributed by atoms with E-state index >= 15 is 0 Å². The maximum Gasteiger partial charge on any atom is 0.230 e. The van der Waals surface area contributed by atoms with Gasteiger partial charge < -0.3 is 14.8 Å². The van der Waals surface area contributed by atoms with Gasteiger partial charge in [-0.1, -0.05) is 18.2 Å². The Morgan fingerprint density at radius 2 is 1.93 bits per heavy atom. The van der Waals surface area contributed by atoms with Gasteiger partial charge in [0, 0.05) is 11.1 Å². The average Bonchev–Trinajstić information content (AvgIpc) is 3.31. The zero-order valence-corrected chi connectivity index (χ0v) is 16.1. The molecule has 4 rings (SSSR count). The summed E-state index contributed by atoms with van der Waals surface area (Å²) in [6.45, 7) is 0. The summed E-state index contributed by atoms with van der Waals surface area (Å²) in [7, 11) is 3.20. The van der Waals surface area contributed by atoms with E-state index in [1.165, 1.54) is 0 Å². The molecule has 1 heterocycles. The lowest BCUT2D eigenvalue weighted by atomic mass is 10.1. The molecule has 0 radical (unpaired) electrons. The summed E-state index contributed by atoms with van der Waals surface area (Å²) >= 11 is 0. The highest BCUT2D eigenvalue weighted by Gasteiger charge is 2.24. The third-order valence-corrected chi connectivity index (χ3v) is 5.00. The number of nitrogens with one attached hydrogen (secondary N) is 1. The van der Waals surface area contributed by atoms with Crippen molar-refractivity contribution in [2.24, 2.45) is 0 Å². The van der Waals surface area contributed by atoms with E-state index < -0.39 is 0 Å². The van der Waals surface area contributed by atoms with Gasteiger partial charge in [-0.05, 0) is 49.6 Å². The molecule has 6 nitrogen and oxygen atoms in total. The first kappa shape index (κ1) is 18.1. The minimum absolute atomic E-state index is 0.113. The number of carbonyl (C=O) groups excluding carboxylic acids is 1. The fourth-order valence-corrected chi connectivity index (χ4v) is 3.65. The van der Waals surface area contributed by atoms with Crippen LogP contribution in [0.3, 0.4) is 0 Å². The van der Waals surface area contributed by atoms with Crippen LogP contribution in [0.2, 0.25) is 0 Å². The summed E-state index contributed by atoms with van der Waals surface area (Å²) in [4.78, 5) is 12.9. The number of rotatable bonds is 6. The number of aryl methyl sites for hydroxylation is 1. The molecule has 1 aliphatic rings. The second kappa shape index (κ2) is 7.76. The maximum absolute atomic E-state index is 12.9. The van der Waals surface area contributed by atoms with E-state index in [-0.39, 0.29) is 12.3 Å². The molecule has 1 aliphatic carbocycles. The van der Waals surface area contributed by atoms with Gasteiger partial charge >= 0.3 is 0 Å². The van der Waals surface area contributed by atoms with Crippen LogP contribution in [-0.4, -0.2) is 29.9 Å². The van der Waals surface area contributed by atoms with E-state index in [1.807, 2.05) is 53.2 Å². The third kappa shape index (κ3) is 3.45. The van der Waals surface area contributed by atoms with E-state index in [4.69, 9.17) is 14.6 Å². The van der Waals surface area contributed by atoms with E-state index in [2.05, 4.69) is 5.32 Å². The van der Waals surface area contributed by atoms with Gasteiger partial charge in [-0.25, -0.2) is 4.68 Å². The number of methoxy groups -OCH3 is 2. The zero-order valence-electron chi connectivity index (χ0n) is 16.1. The van der Waals surface area contributed by atoms with Crippen LogP contribution in [-0.2, 0) is 24.1 Å². The number of anilines is 1. The molecule has 0 spiro atoms. The Hall–Kier alpha value is -3.28. The van der Waals surface area contributed by atoms with Crippen molar-refractivity contribution in [1.82, 2.24) is 9.78 Å². The van der Waals surface area contributed by atoms with Crippen LogP contribution >= 0.6 is 0 Å². The van der Waals surface area contributed by atoms with Gasteiger partial charge in [-0.2, -0.15) is 5.10 Å². The van der Waals surface area contributed by atoms with Crippen molar-refractivity contribution in [1.29, 1.82) is 0 Å². The molecule has 1 aromatic heterocycles. The molecule has 0 unspecified atom stereocenters. The van der Waals surface area contributed by atoms with Crippen LogP contribution in [0.1, 0.15) is 23.2 Å². The zero-order chi connectivity index (χ0) is 19.5. The summed E-state index contributed by atoms with van der Waals surface area (Å²) in [5, 5.41) is 7.83. The van der Waals surface area contributed by atoms with Crippen molar-refractivity contribution >= 4 is 11.7 Å². The highest BCUT2D eigenvalue weighted by Crippen LogP contribution is 2.31. The van der Waals surface area contributed by atoms with E-state index in [1.54, 1.807) is 14.2 Å². The Morgan fingerprint density at radius 3 is 2.68 bits per heavy atom. The van der Waals surface area contributed by atoms with Crippen LogP contribution in [0.4, 0.5) is 5.82 Å². The number of amides is 1. The molecule has 0 atom stereocenters. The van der Waals surface area contributed by atoms with Gasteiger partial charge in [0.05, 0.1) is 32.0 Å². The van der Waals surface area contributed by atoms with Gasteiger partial charge in [0.25, 0.3) is 0 Å². The first-order valence-corrected chi connectivity index (χ1v) is 9.36. The summed E-state index contributed by atoms with van der Waals surface area (Å²) in [6, 6.07) is 15.3. The van der Waals surface area contributed by atoms with Crippen LogP contribution in [0.15, 0.2) is 48.5 Å². The molecule has 6 heteroatoms. The molecule has 28 heavy (non-hydrogen) atoms. The predicted octanol–water partition coefficient (Wildman–Crippen LogP) is 3.56. The minimum atomic E-state index is -0.113. The molecule has 1 amide bonds. The molecule has 0 saturated heterocycles. The number of hydrogen-bond donors (Lipinski definition) is 1. The van der Waals surface area contributed by atoms with Crippen molar-refractivity contribution in [2.45, 2.75) is 25.7 Å². The fraction of sp³-hybridized carbons (Fsp3) is 0.273. The largest absolute Gasteiger partial charge is 0.497 e. The quantitative estimate of drug-likeness (QED) is 0.713. The average molecular weight is 377 g/mol. The lowest BCUT2D eigenvalue weighted by Gasteiger charge is -2.13. The van der Waals surface area contributed by atoms with E-state index in [0.29, 0.717) is 11.5 Å². The SMILES string of the molecule is COc1ccc(OC)c(CC(=O)Nc2c3c(nn2-c2ccccc2)CCC3)c1. The molecule has 2 aromatic carbocycles. The lowest BCUT2D eigenvalue weighted by Crippen LogP contribution is -2.18. The monoisotopic (exact) mass is 377 g/mol. The number of aromatic nitrogens is 2. The molecule has 0 fully saturated rings. The first-order valence-electron chi connectivity index (χ1n) is 9.36. The summed E-state index contributed by atoms with van der Waals surface area (Å²) in [5.74, 6) is 2.01. The first-order chi connectivity index (χ1) is 13.7. The maximum atomic E-state index is 12.9. The van der Waals surface area contributed by atoms with Gasteiger partial charge in [-0.15, -0.1) is 0 Å². The van der Waals surface area contributed by atoms with E-state index in [0.717, 1.165) is 47.6 Å². The molecule has 3 aromatic rings. The summed E-state index contributed by atoms with van der Waals surface area (Å²) in [5.41, 5.74) is 3.92. The molecular weight excluding hydrogens is 354 g/mol. The molecule has 0 aliphatic heterocycles. The van der Waals surface area contributed by atoms with Gasteiger partial charge in [0.15, 0.2) is 0 Å². The number of benzene rings is 2. The second-order valence-corrected chi connectivity index (χ2v) is 6.78. The standard InChI is InChI=1S/C22H23N3O3/c1-27-17-11-12-20(28-2)15(13-17)14-21(26)23-22-18-9-6-10-19(18)24-25(22)16-7-4-3-5-8-16/h3-5,7-8,11-13H,6,9-10,14H2,1-2H3,(H,23,26). The minimum Gasteiger partial charge on any atom is -0.497 e. The Morgan fingerprint density at radius 1 is 1.11 bits per heavy atom. The van der Waals surface area contributed by atoms with E-state index in [9.17, 15) is 4.79 Å². The Bertz CT molecular complexity index is 996. The van der Waals surface area contributed by atoms with Gasteiger partial charge in [0.1, 0.15) is 17.3 Å². The number of hydrogen-bond acceptors (Lipinski definition) is 4. The molecule has 1 N–H and O–H groups in total. The van der Waals surface area contributed by atoms with Crippen molar-refractivity contribution in [3.63, 3.8) is 0 Å². The molecule has 0 saturated carbocycles. The fourth-order valence-electron chi connectivity index (χ4n) is 3.65. The summed E-state index contributed by atoms with van der Waals surface area (Å²) < 4.78 is 12.5. The predicted molar refractivity (Wildman–Crippen MR) is 107 cm³/mol. The van der Waals surface area contributed by atoms with Gasteiger partial charge in [0.2, 0.25) is 5.91 Å². The van der Waals surface area contributed by atoms with Crippen molar-refractivity contribution in [3.05, 3.63) is 65.4 Å². The number of para-hydroxylation sites is 1. The normalized spacial score (nSPS) is 12.5. The summed E-state index contributed by atoms with van der Waals surface area (Å²) in [6.07, 6.45) is 3.14. The molecular formula is C22H23N3O3. The van der Waals surface area contributed by atoms with Crippen LogP contribution in [0, 0.1) is 0 Å². The van der Waals surface area contributed by atoms with Crippen LogP contribution < -0.4 is 14.8 Å². The van der Waals surface area contributed by atoms with Crippen molar-refractivity contribution in [2.75, 3.05) is 19.5 Å². The second-order valence-electron chi connectivity index (χ2n) is 6.78. The molecule has 0 bridgehead atoms. The number of ether oxygens (including phenoxy) is 2. The van der Waals surface area contributed by atoms with Crippen LogP contribution in [0.5, 0.6) is 11.5 Å². The Balaban J connectivity index is 1.62. The lowest BCUT2D eigenvalue weighted by molar-refractivity contribution is -0.115. The highest BCUT2D eigenvalue weighted by atomic mass is 16.5. The smallest absolute Gasteiger partial charge is 0.230 e. The highest BCUT2D eigenvalue weighted by molar-refractivity contribution is 5.93. The Kier molecular flexibility index (Phi) is 5.02. The number of fused-ring (bicyclic) bond motifs is 1. The molecule has 144 valence electrons. The van der Waals surface area contributed by atoms with Crippen LogP contribution in [0.25, 0.3) is 5.69 Å².